The molecule has 0 saturated heterocycles. The highest BCUT2D eigenvalue weighted by atomic mass is 19.2. The summed E-state index contributed by atoms with van der Waals surface area (Å²) in [5.41, 5.74) is 6.41. The summed E-state index contributed by atoms with van der Waals surface area (Å²) in [5.74, 6) is -1.64. The summed E-state index contributed by atoms with van der Waals surface area (Å²) >= 11 is 0. The van der Waals surface area contributed by atoms with Gasteiger partial charge in [-0.2, -0.15) is 0 Å². The monoisotopic (exact) mass is 228 g/mol. The number of rotatable bonds is 5. The lowest BCUT2D eigenvalue weighted by Crippen LogP contribution is -2.33. The average Bonchev–Trinajstić information content (AvgIpc) is 2.29. The second kappa shape index (κ2) is 5.92. The molecular weight excluding hydrogens is 210 g/mol. The first-order valence-electron chi connectivity index (χ1n) is 5.53. The third-order valence-electron chi connectivity index (χ3n) is 2.80. The third-order valence-corrected chi connectivity index (χ3v) is 2.80. The van der Waals surface area contributed by atoms with E-state index in [1.165, 1.54) is 6.07 Å². The summed E-state index contributed by atoms with van der Waals surface area (Å²) in [4.78, 5) is 2.12. The number of nitrogens with zero attached hydrogens (tertiary/aromatic N) is 1. The lowest BCUT2D eigenvalue weighted by molar-refractivity contribution is 0.223. The van der Waals surface area contributed by atoms with Gasteiger partial charge in [-0.25, -0.2) is 8.78 Å². The number of halogens is 2. The van der Waals surface area contributed by atoms with E-state index in [0.717, 1.165) is 24.7 Å². The van der Waals surface area contributed by atoms with Crippen molar-refractivity contribution >= 4 is 0 Å². The van der Waals surface area contributed by atoms with E-state index in [-0.39, 0.29) is 6.04 Å². The zero-order valence-corrected chi connectivity index (χ0v) is 9.71. The number of hydrogen-bond acceptors (Lipinski definition) is 2. The van der Waals surface area contributed by atoms with Crippen LogP contribution in [0.5, 0.6) is 0 Å². The zero-order chi connectivity index (χ0) is 12.1. The summed E-state index contributed by atoms with van der Waals surface area (Å²) in [6.07, 6.45) is 0. The van der Waals surface area contributed by atoms with Gasteiger partial charge in [0.05, 0.1) is 0 Å². The van der Waals surface area contributed by atoms with Crippen LogP contribution in [0.4, 0.5) is 8.78 Å². The normalized spacial score (nSPS) is 13.1. The molecule has 0 fully saturated rings. The summed E-state index contributed by atoms with van der Waals surface area (Å²) in [6, 6.07) is 3.92. The largest absolute Gasteiger partial charge is 0.329 e. The Balaban J connectivity index is 2.98. The van der Waals surface area contributed by atoms with Gasteiger partial charge in [0.2, 0.25) is 0 Å². The van der Waals surface area contributed by atoms with E-state index in [9.17, 15) is 8.78 Å². The SMILES string of the molecule is CCN(CC)C(CN)c1ccc(F)c(F)c1. The Kier molecular flexibility index (Phi) is 4.83. The predicted molar refractivity (Wildman–Crippen MR) is 61.1 cm³/mol. The standard InChI is InChI=1S/C12H18F2N2/c1-3-16(4-2)12(8-15)9-5-6-10(13)11(14)7-9/h5-7,12H,3-4,8,15H2,1-2H3. The molecule has 90 valence electrons. The van der Waals surface area contributed by atoms with Gasteiger partial charge in [0, 0.05) is 12.6 Å². The minimum atomic E-state index is -0.820. The zero-order valence-electron chi connectivity index (χ0n) is 9.71. The Morgan fingerprint density at radius 1 is 1.19 bits per heavy atom. The highest BCUT2D eigenvalue weighted by Crippen LogP contribution is 2.21. The average molecular weight is 228 g/mol. The van der Waals surface area contributed by atoms with Crippen LogP contribution in [-0.4, -0.2) is 24.5 Å². The molecule has 0 aliphatic carbocycles. The molecule has 16 heavy (non-hydrogen) atoms. The Hall–Kier alpha value is -1.00. The molecule has 0 radical (unpaired) electrons. The van der Waals surface area contributed by atoms with Crippen molar-refractivity contribution in [2.45, 2.75) is 19.9 Å². The van der Waals surface area contributed by atoms with Gasteiger partial charge in [0.25, 0.3) is 0 Å². The quantitative estimate of drug-likeness (QED) is 0.838. The molecule has 1 atom stereocenters. The summed E-state index contributed by atoms with van der Waals surface area (Å²) in [7, 11) is 0. The van der Waals surface area contributed by atoms with Crippen molar-refractivity contribution in [1.82, 2.24) is 4.90 Å². The topological polar surface area (TPSA) is 29.3 Å². The second-order valence-corrected chi connectivity index (χ2v) is 3.65. The van der Waals surface area contributed by atoms with Gasteiger partial charge in [0.15, 0.2) is 11.6 Å². The van der Waals surface area contributed by atoms with E-state index in [1.54, 1.807) is 6.07 Å². The number of hydrogen-bond donors (Lipinski definition) is 1. The third kappa shape index (κ3) is 2.77. The second-order valence-electron chi connectivity index (χ2n) is 3.65. The molecule has 0 aromatic heterocycles. The van der Waals surface area contributed by atoms with Crippen LogP contribution < -0.4 is 5.73 Å². The highest BCUT2D eigenvalue weighted by Gasteiger charge is 2.17. The first kappa shape index (κ1) is 13.1. The molecule has 0 aliphatic heterocycles. The Morgan fingerprint density at radius 3 is 2.25 bits per heavy atom. The fourth-order valence-electron chi connectivity index (χ4n) is 1.88. The van der Waals surface area contributed by atoms with Gasteiger partial charge in [0.1, 0.15) is 0 Å². The van der Waals surface area contributed by atoms with Gasteiger partial charge in [-0.05, 0) is 30.8 Å². The molecule has 0 spiro atoms. The van der Waals surface area contributed by atoms with E-state index >= 15 is 0 Å². The number of nitrogens with two attached hydrogens (primary N) is 1. The van der Waals surface area contributed by atoms with Crippen molar-refractivity contribution in [3.05, 3.63) is 35.4 Å². The molecule has 0 aliphatic rings. The van der Waals surface area contributed by atoms with E-state index < -0.39 is 11.6 Å². The Labute approximate surface area is 95.1 Å². The molecule has 4 heteroatoms. The van der Waals surface area contributed by atoms with Crippen LogP contribution in [0.3, 0.4) is 0 Å². The van der Waals surface area contributed by atoms with E-state index in [4.69, 9.17) is 5.73 Å². The fourth-order valence-corrected chi connectivity index (χ4v) is 1.88. The van der Waals surface area contributed by atoms with Gasteiger partial charge in [-0.15, -0.1) is 0 Å². The summed E-state index contributed by atoms with van der Waals surface area (Å²) in [6.45, 7) is 6.10. The minimum absolute atomic E-state index is 0.0508. The maximum atomic E-state index is 13.1. The molecule has 0 heterocycles. The van der Waals surface area contributed by atoms with Crippen LogP contribution in [0, 0.1) is 11.6 Å². The van der Waals surface area contributed by atoms with Crippen LogP contribution in [0.25, 0.3) is 0 Å². The van der Waals surface area contributed by atoms with Crippen molar-refractivity contribution in [1.29, 1.82) is 0 Å². The van der Waals surface area contributed by atoms with E-state index in [2.05, 4.69) is 4.90 Å². The van der Waals surface area contributed by atoms with E-state index in [0.29, 0.717) is 6.54 Å². The highest BCUT2D eigenvalue weighted by molar-refractivity contribution is 5.21. The lowest BCUT2D eigenvalue weighted by atomic mass is 10.0. The number of benzene rings is 1. The molecule has 2 N–H and O–H groups in total. The fraction of sp³-hybridized carbons (Fsp3) is 0.500. The molecule has 1 rings (SSSR count). The van der Waals surface area contributed by atoms with Crippen LogP contribution in [0.2, 0.25) is 0 Å². The van der Waals surface area contributed by atoms with Gasteiger partial charge in [-0.1, -0.05) is 19.9 Å². The molecule has 1 aromatic rings. The smallest absolute Gasteiger partial charge is 0.159 e. The predicted octanol–water partition coefficient (Wildman–Crippen LogP) is 2.31. The Morgan fingerprint density at radius 2 is 1.81 bits per heavy atom. The van der Waals surface area contributed by atoms with Crippen LogP contribution in [0.15, 0.2) is 18.2 Å². The van der Waals surface area contributed by atoms with Crippen LogP contribution >= 0.6 is 0 Å². The molecule has 1 unspecified atom stereocenters. The molecule has 1 aromatic carbocycles. The van der Waals surface area contributed by atoms with Gasteiger partial charge in [-0.3, -0.25) is 4.90 Å². The van der Waals surface area contributed by atoms with Crippen molar-refractivity contribution < 1.29 is 8.78 Å². The van der Waals surface area contributed by atoms with Crippen molar-refractivity contribution in [3.8, 4) is 0 Å². The number of likely N-dealkylation sites (N-methyl/N-ethyl adjacent to an activating group) is 1. The molecule has 0 amide bonds. The molecule has 0 saturated carbocycles. The lowest BCUT2D eigenvalue weighted by Gasteiger charge is -2.28. The van der Waals surface area contributed by atoms with Crippen molar-refractivity contribution in [2.75, 3.05) is 19.6 Å². The summed E-state index contributed by atoms with van der Waals surface area (Å²) in [5, 5.41) is 0. The first-order valence-corrected chi connectivity index (χ1v) is 5.53. The van der Waals surface area contributed by atoms with Crippen molar-refractivity contribution in [3.63, 3.8) is 0 Å². The maximum absolute atomic E-state index is 13.1. The van der Waals surface area contributed by atoms with E-state index in [1.807, 2.05) is 13.8 Å². The van der Waals surface area contributed by atoms with Crippen LogP contribution in [0.1, 0.15) is 25.5 Å². The summed E-state index contributed by atoms with van der Waals surface area (Å²) < 4.78 is 25.9. The first-order chi connectivity index (χ1) is 7.63. The van der Waals surface area contributed by atoms with Gasteiger partial charge >= 0.3 is 0 Å². The Bertz CT molecular complexity index is 338. The molecule has 0 bridgehead atoms. The minimum Gasteiger partial charge on any atom is -0.329 e. The molecular formula is C12H18F2N2. The maximum Gasteiger partial charge on any atom is 0.159 e. The van der Waals surface area contributed by atoms with Crippen LogP contribution in [-0.2, 0) is 0 Å². The molecule has 2 nitrogen and oxygen atoms in total. The van der Waals surface area contributed by atoms with Crippen molar-refractivity contribution in [2.24, 2.45) is 5.73 Å². The van der Waals surface area contributed by atoms with Gasteiger partial charge < -0.3 is 5.73 Å².